The first-order valence-corrected chi connectivity index (χ1v) is 9.30. The molecule has 0 spiro atoms. The lowest BCUT2D eigenvalue weighted by molar-refractivity contribution is -0.168. The summed E-state index contributed by atoms with van der Waals surface area (Å²) in [6.45, 7) is -1.97. The van der Waals surface area contributed by atoms with E-state index in [-0.39, 0.29) is 6.29 Å². The monoisotopic (exact) mass is 471 g/mol. The van der Waals surface area contributed by atoms with Crippen molar-refractivity contribution in [2.24, 2.45) is 5.73 Å². The van der Waals surface area contributed by atoms with Gasteiger partial charge >= 0.3 is 5.97 Å². The van der Waals surface area contributed by atoms with E-state index in [1.165, 1.54) is 0 Å². The molecule has 11 N–H and O–H groups in total. The highest BCUT2D eigenvalue weighted by molar-refractivity contribution is 6.40. The Bertz CT molecular complexity index is 630. The smallest absolute Gasteiger partial charge is 0.306 e. The van der Waals surface area contributed by atoms with Gasteiger partial charge in [-0.05, 0) is 6.42 Å². The van der Waals surface area contributed by atoms with Crippen LogP contribution in [0, 0.1) is 0 Å². The van der Waals surface area contributed by atoms with Crippen molar-refractivity contribution in [1.82, 2.24) is 0 Å². The van der Waals surface area contributed by atoms with Gasteiger partial charge in [0.2, 0.25) is 11.6 Å². The second-order valence-electron chi connectivity index (χ2n) is 6.87. The zero-order valence-corrected chi connectivity index (χ0v) is 16.7. The van der Waals surface area contributed by atoms with Crippen molar-refractivity contribution in [1.29, 1.82) is 0 Å². The highest BCUT2D eigenvalue weighted by Crippen LogP contribution is 2.11. The number of ether oxygens (including phenoxy) is 1. The third kappa shape index (κ3) is 8.55. The van der Waals surface area contributed by atoms with Crippen LogP contribution < -0.4 is 5.73 Å². The quantitative estimate of drug-likeness (QED) is 0.0568. The summed E-state index contributed by atoms with van der Waals surface area (Å²) in [7, 11) is 0. The van der Waals surface area contributed by atoms with Crippen molar-refractivity contribution in [2.45, 2.75) is 67.7 Å². The van der Waals surface area contributed by atoms with Crippen LogP contribution in [0.3, 0.4) is 0 Å². The zero-order valence-electron chi connectivity index (χ0n) is 16.7. The summed E-state index contributed by atoms with van der Waals surface area (Å²) in [5.41, 5.74) is 5.45. The molecule has 9 atom stereocenters. The molecule has 15 nitrogen and oxygen atoms in total. The largest absolute Gasteiger partial charge is 0.452 e. The summed E-state index contributed by atoms with van der Waals surface area (Å²) in [5.74, 6) is -4.31. The molecule has 32 heavy (non-hydrogen) atoms. The van der Waals surface area contributed by atoms with E-state index < -0.39 is 98.5 Å². The van der Waals surface area contributed by atoms with E-state index in [0.717, 1.165) is 0 Å². The van der Waals surface area contributed by atoms with Gasteiger partial charge in [-0.2, -0.15) is 0 Å². The Kier molecular flexibility index (Phi) is 13.4. The molecule has 0 radical (unpaired) electrons. The fraction of sp³-hybridized carbons (Fsp3) is 0.765. The minimum atomic E-state index is -2.49. The van der Waals surface area contributed by atoms with E-state index in [1.54, 1.807) is 0 Å². The minimum absolute atomic E-state index is 0.0612. The fourth-order valence-corrected chi connectivity index (χ4v) is 2.33. The van der Waals surface area contributed by atoms with Gasteiger partial charge in [-0.15, -0.1) is 0 Å². The Labute approximate surface area is 181 Å². The first-order valence-electron chi connectivity index (χ1n) is 9.30. The van der Waals surface area contributed by atoms with Crippen LogP contribution in [0.2, 0.25) is 0 Å². The van der Waals surface area contributed by atoms with Gasteiger partial charge in [0.05, 0.1) is 19.3 Å². The predicted molar refractivity (Wildman–Crippen MR) is 99.4 cm³/mol. The third-order valence-electron chi connectivity index (χ3n) is 4.43. The number of ketones is 2. The molecule has 0 aromatic heterocycles. The summed E-state index contributed by atoms with van der Waals surface area (Å²) in [6, 6.07) is -1.70. The average Bonchev–Trinajstić information content (AvgIpc) is 2.80. The molecule has 0 aliphatic rings. The van der Waals surface area contributed by atoms with E-state index in [9.17, 15) is 54.9 Å². The molecule has 0 aliphatic carbocycles. The average molecular weight is 471 g/mol. The van der Waals surface area contributed by atoms with Crippen LogP contribution in [0.15, 0.2) is 0 Å². The van der Waals surface area contributed by atoms with Crippen LogP contribution >= 0.6 is 0 Å². The van der Waals surface area contributed by atoms with E-state index >= 15 is 0 Å². The molecule has 0 saturated carbocycles. The van der Waals surface area contributed by atoms with E-state index in [1.807, 2.05) is 0 Å². The molecule has 0 aromatic rings. The number of esters is 1. The molecule has 0 unspecified atom stereocenters. The van der Waals surface area contributed by atoms with Crippen molar-refractivity contribution in [2.75, 3.05) is 13.2 Å². The number of carbonyl (C=O) groups is 4. The van der Waals surface area contributed by atoms with Crippen molar-refractivity contribution in [3.8, 4) is 0 Å². The van der Waals surface area contributed by atoms with E-state index in [0.29, 0.717) is 0 Å². The molecule has 0 aliphatic heterocycles. The number of rotatable bonds is 16. The second kappa shape index (κ2) is 14.3. The van der Waals surface area contributed by atoms with E-state index in [2.05, 4.69) is 4.74 Å². The standard InChI is InChI=1S/C17H29NO14/c18-6(11(25)15(29)17(31)16(30)13(27)8(23)4-20)1-2-10(24)32-9(5-21)14(28)12(26)7(22)3-19/h5-9,12-14,16-17,19-20,22-23,26-28,30-31H,1-4,18H2/t6-,7+,8+,9-,12+,13+,14+,16-,17-/m0/s1. The van der Waals surface area contributed by atoms with Gasteiger partial charge in [-0.3, -0.25) is 19.2 Å². The zero-order chi connectivity index (χ0) is 25.2. The summed E-state index contributed by atoms with van der Waals surface area (Å²) in [6.07, 6.45) is -18.1. The number of carbonyl (C=O) groups excluding carboxylic acids is 4. The molecule has 0 amide bonds. The number of hydrogen-bond acceptors (Lipinski definition) is 15. The molecule has 0 fully saturated rings. The molecule has 0 bridgehead atoms. The Balaban J connectivity index is 4.83. The Morgan fingerprint density at radius 1 is 0.781 bits per heavy atom. The lowest BCUT2D eigenvalue weighted by Gasteiger charge is -2.25. The molecule has 186 valence electrons. The number of aliphatic hydroxyl groups excluding tert-OH is 9. The number of aldehydes is 1. The van der Waals surface area contributed by atoms with Gasteiger partial charge in [0.15, 0.2) is 12.4 Å². The summed E-state index contributed by atoms with van der Waals surface area (Å²) >= 11 is 0. The van der Waals surface area contributed by atoms with Crippen LogP contribution in [0.1, 0.15) is 12.8 Å². The van der Waals surface area contributed by atoms with Crippen LogP contribution in [0.5, 0.6) is 0 Å². The summed E-state index contributed by atoms with van der Waals surface area (Å²) < 4.78 is 4.59. The van der Waals surface area contributed by atoms with Gasteiger partial charge in [0, 0.05) is 6.42 Å². The minimum Gasteiger partial charge on any atom is -0.452 e. The van der Waals surface area contributed by atoms with Gasteiger partial charge in [0.1, 0.15) is 42.7 Å². The third-order valence-corrected chi connectivity index (χ3v) is 4.43. The topological polar surface area (TPSA) is 286 Å². The van der Waals surface area contributed by atoms with Crippen LogP contribution in [0.25, 0.3) is 0 Å². The van der Waals surface area contributed by atoms with Gasteiger partial charge in [0.25, 0.3) is 0 Å². The normalized spacial score (nSPS) is 20.1. The molecule has 15 heteroatoms. The summed E-state index contributed by atoms with van der Waals surface area (Å²) in [5, 5.41) is 83.9. The SMILES string of the molecule is N[C@@H](CCC(=O)O[C@@H](C=O)[C@@H](O)[C@H](O)[C@H](O)CO)C(=O)C(=O)[C@H](O)[C@@H](O)[C@H](O)[C@H](O)CO. The predicted octanol–water partition coefficient (Wildman–Crippen LogP) is -7.15. The van der Waals surface area contributed by atoms with Gasteiger partial charge in [-0.1, -0.05) is 0 Å². The maximum Gasteiger partial charge on any atom is 0.306 e. The van der Waals surface area contributed by atoms with E-state index in [4.69, 9.17) is 15.9 Å². The van der Waals surface area contributed by atoms with Gasteiger partial charge < -0.3 is 56.4 Å². The fourth-order valence-electron chi connectivity index (χ4n) is 2.33. The highest BCUT2D eigenvalue weighted by atomic mass is 16.6. The number of aliphatic hydroxyl groups is 9. The number of hydrogen-bond donors (Lipinski definition) is 10. The van der Waals surface area contributed by atoms with Crippen molar-refractivity contribution in [3.05, 3.63) is 0 Å². The van der Waals surface area contributed by atoms with Crippen LogP contribution in [-0.4, -0.2) is 138 Å². The maximum atomic E-state index is 12.0. The lowest BCUT2D eigenvalue weighted by Crippen LogP contribution is -2.52. The Hall–Kier alpha value is -1.92. The second-order valence-corrected chi connectivity index (χ2v) is 6.87. The Morgan fingerprint density at radius 2 is 1.25 bits per heavy atom. The molecular weight excluding hydrogens is 442 g/mol. The molecule has 0 aromatic carbocycles. The Morgan fingerprint density at radius 3 is 1.69 bits per heavy atom. The van der Waals surface area contributed by atoms with Crippen molar-refractivity contribution < 1.29 is 69.9 Å². The van der Waals surface area contributed by atoms with Gasteiger partial charge in [-0.25, -0.2) is 0 Å². The molecular formula is C17H29NO14. The summed E-state index contributed by atoms with van der Waals surface area (Å²) in [4.78, 5) is 46.7. The highest BCUT2D eigenvalue weighted by Gasteiger charge is 2.38. The first kappa shape index (κ1) is 30.1. The molecule has 0 rings (SSSR count). The first-order chi connectivity index (χ1) is 14.8. The number of Topliss-reactive ketones (excluding diaryl/α,β-unsaturated/α-hetero) is 2. The van der Waals surface area contributed by atoms with Crippen LogP contribution in [-0.2, 0) is 23.9 Å². The van der Waals surface area contributed by atoms with Crippen molar-refractivity contribution in [3.63, 3.8) is 0 Å². The number of nitrogens with two attached hydrogens (primary N) is 1. The lowest BCUT2D eigenvalue weighted by atomic mass is 9.95. The van der Waals surface area contributed by atoms with Crippen molar-refractivity contribution >= 4 is 23.8 Å². The molecule has 0 heterocycles. The van der Waals surface area contributed by atoms with Crippen LogP contribution in [0.4, 0.5) is 0 Å². The molecule has 0 saturated heterocycles. The maximum absolute atomic E-state index is 12.0.